The van der Waals surface area contributed by atoms with Gasteiger partial charge in [-0.2, -0.15) is 0 Å². The number of hydrogen-bond donors (Lipinski definition) is 1. The van der Waals surface area contributed by atoms with Crippen LogP contribution in [0.2, 0.25) is 0 Å². The number of hydrogen-bond acceptors (Lipinski definition) is 4. The predicted octanol–water partition coefficient (Wildman–Crippen LogP) is 3.90. The lowest BCUT2D eigenvalue weighted by atomic mass is 10.2. The zero-order valence-electron chi connectivity index (χ0n) is 13.7. The average Bonchev–Trinajstić information content (AvgIpc) is 2.97. The van der Waals surface area contributed by atoms with Crippen molar-refractivity contribution in [3.63, 3.8) is 0 Å². The van der Waals surface area contributed by atoms with E-state index in [2.05, 4.69) is 44.9 Å². The topological polar surface area (TPSA) is 59.8 Å². The van der Waals surface area contributed by atoms with Crippen LogP contribution in [0.5, 0.6) is 0 Å². The van der Waals surface area contributed by atoms with Gasteiger partial charge in [-0.25, -0.2) is 0 Å². The van der Waals surface area contributed by atoms with Crippen LogP contribution in [0, 0.1) is 0 Å². The van der Waals surface area contributed by atoms with E-state index in [1.807, 2.05) is 28.8 Å². The van der Waals surface area contributed by atoms with Gasteiger partial charge in [-0.3, -0.25) is 9.36 Å². The van der Waals surface area contributed by atoms with Crippen molar-refractivity contribution in [1.82, 2.24) is 20.1 Å². The number of carbonyl (C=O) groups excluding carboxylic acids is 1. The van der Waals surface area contributed by atoms with Gasteiger partial charge in [0.1, 0.15) is 0 Å². The number of carbonyl (C=O) groups is 1. The monoisotopic (exact) mass is 408 g/mol. The molecular formula is C17H21BrN4OS. The quantitative estimate of drug-likeness (QED) is 0.388. The Bertz CT molecular complexity index is 684. The number of halogens is 1. The van der Waals surface area contributed by atoms with Gasteiger partial charge in [0.2, 0.25) is 5.91 Å². The van der Waals surface area contributed by atoms with Gasteiger partial charge in [0.05, 0.1) is 5.75 Å². The van der Waals surface area contributed by atoms with Crippen LogP contribution in [-0.4, -0.2) is 33.0 Å². The van der Waals surface area contributed by atoms with E-state index in [1.165, 1.54) is 11.8 Å². The molecule has 1 aromatic heterocycles. The third-order valence-electron chi connectivity index (χ3n) is 3.32. The molecule has 0 fully saturated rings. The molecule has 1 N–H and O–H groups in total. The van der Waals surface area contributed by atoms with E-state index in [0.717, 1.165) is 40.4 Å². The van der Waals surface area contributed by atoms with E-state index in [9.17, 15) is 4.79 Å². The second-order valence-corrected chi connectivity index (χ2v) is 7.06. The van der Waals surface area contributed by atoms with Gasteiger partial charge >= 0.3 is 0 Å². The van der Waals surface area contributed by atoms with E-state index in [4.69, 9.17) is 0 Å². The Morgan fingerprint density at radius 1 is 1.38 bits per heavy atom. The van der Waals surface area contributed by atoms with E-state index in [-0.39, 0.29) is 5.91 Å². The van der Waals surface area contributed by atoms with Crippen LogP contribution < -0.4 is 5.32 Å². The van der Waals surface area contributed by atoms with Crippen LogP contribution in [0.3, 0.4) is 0 Å². The Balaban J connectivity index is 2.09. The standard InChI is InChI=1S/C17H21BrN4OS/c1-3-5-10-19-15(23)12-24-17-21-20-16(22(17)11-4-2)13-6-8-14(18)9-7-13/h4,6-9H,2-3,5,10-12H2,1H3,(H,19,23). The Morgan fingerprint density at radius 3 is 2.79 bits per heavy atom. The third kappa shape index (κ3) is 5.21. The molecule has 24 heavy (non-hydrogen) atoms. The number of thioether (sulfide) groups is 1. The van der Waals surface area contributed by atoms with Gasteiger partial charge in [-0.05, 0) is 18.6 Å². The summed E-state index contributed by atoms with van der Waals surface area (Å²) in [5, 5.41) is 12.2. The SMILES string of the molecule is C=CCn1c(SCC(=O)NCCCC)nnc1-c1ccc(Br)cc1. The molecule has 7 heteroatoms. The lowest BCUT2D eigenvalue weighted by Crippen LogP contribution is -2.26. The van der Waals surface area contributed by atoms with Crippen molar-refractivity contribution in [1.29, 1.82) is 0 Å². The summed E-state index contributed by atoms with van der Waals surface area (Å²) in [4.78, 5) is 11.9. The molecule has 1 heterocycles. The minimum Gasteiger partial charge on any atom is -0.355 e. The van der Waals surface area contributed by atoms with Gasteiger partial charge in [-0.1, -0.05) is 59.2 Å². The van der Waals surface area contributed by atoms with Gasteiger partial charge in [0.25, 0.3) is 0 Å². The normalized spacial score (nSPS) is 10.6. The van der Waals surface area contributed by atoms with Crippen molar-refractivity contribution in [3.8, 4) is 11.4 Å². The fourth-order valence-corrected chi connectivity index (χ4v) is 3.13. The smallest absolute Gasteiger partial charge is 0.230 e. The highest BCUT2D eigenvalue weighted by molar-refractivity contribution is 9.10. The van der Waals surface area contributed by atoms with Crippen LogP contribution in [-0.2, 0) is 11.3 Å². The summed E-state index contributed by atoms with van der Waals surface area (Å²) in [7, 11) is 0. The molecular weight excluding hydrogens is 388 g/mol. The molecule has 1 amide bonds. The zero-order chi connectivity index (χ0) is 17.4. The van der Waals surface area contributed by atoms with Gasteiger partial charge in [0, 0.05) is 23.1 Å². The van der Waals surface area contributed by atoms with E-state index in [0.29, 0.717) is 12.3 Å². The Labute approximate surface area is 155 Å². The molecule has 128 valence electrons. The van der Waals surface area contributed by atoms with Gasteiger partial charge in [0.15, 0.2) is 11.0 Å². The van der Waals surface area contributed by atoms with Crippen LogP contribution >= 0.6 is 27.7 Å². The maximum atomic E-state index is 11.9. The summed E-state index contributed by atoms with van der Waals surface area (Å²) in [5.41, 5.74) is 0.979. The maximum absolute atomic E-state index is 11.9. The highest BCUT2D eigenvalue weighted by Gasteiger charge is 2.14. The number of nitrogens with one attached hydrogen (secondary N) is 1. The molecule has 1 aromatic carbocycles. The first-order valence-electron chi connectivity index (χ1n) is 7.85. The number of unbranched alkanes of at least 4 members (excludes halogenated alkanes) is 1. The van der Waals surface area contributed by atoms with Crippen molar-refractivity contribution in [2.75, 3.05) is 12.3 Å². The number of aromatic nitrogens is 3. The maximum Gasteiger partial charge on any atom is 0.230 e. The van der Waals surface area contributed by atoms with Crippen molar-refractivity contribution in [2.45, 2.75) is 31.5 Å². The minimum atomic E-state index is 0.0202. The largest absolute Gasteiger partial charge is 0.355 e. The summed E-state index contributed by atoms with van der Waals surface area (Å²) in [6, 6.07) is 7.91. The molecule has 5 nitrogen and oxygen atoms in total. The van der Waals surface area contributed by atoms with Crippen LogP contribution in [0.15, 0.2) is 46.5 Å². The molecule has 0 aliphatic carbocycles. The summed E-state index contributed by atoms with van der Waals surface area (Å²) < 4.78 is 2.99. The molecule has 0 atom stereocenters. The van der Waals surface area contributed by atoms with Crippen molar-refractivity contribution < 1.29 is 4.79 Å². The summed E-state index contributed by atoms with van der Waals surface area (Å²) in [6.07, 6.45) is 3.87. The molecule has 0 saturated heterocycles. The number of rotatable bonds is 9. The highest BCUT2D eigenvalue weighted by atomic mass is 79.9. The summed E-state index contributed by atoms with van der Waals surface area (Å²) in [6.45, 7) is 7.21. The van der Waals surface area contributed by atoms with Gasteiger partial charge < -0.3 is 5.32 Å². The molecule has 0 aliphatic rings. The third-order valence-corrected chi connectivity index (χ3v) is 4.81. The fraction of sp³-hybridized carbons (Fsp3) is 0.353. The Morgan fingerprint density at radius 2 is 2.12 bits per heavy atom. The number of allylic oxidation sites excluding steroid dienone is 1. The average molecular weight is 409 g/mol. The molecule has 2 rings (SSSR count). The van der Waals surface area contributed by atoms with Crippen LogP contribution in [0.4, 0.5) is 0 Å². The van der Waals surface area contributed by atoms with Crippen molar-refractivity contribution in [2.24, 2.45) is 0 Å². The lowest BCUT2D eigenvalue weighted by molar-refractivity contribution is -0.118. The van der Waals surface area contributed by atoms with Crippen LogP contribution in [0.1, 0.15) is 19.8 Å². The fourth-order valence-electron chi connectivity index (χ4n) is 2.09. The predicted molar refractivity (Wildman–Crippen MR) is 102 cm³/mol. The zero-order valence-corrected chi connectivity index (χ0v) is 16.1. The number of amides is 1. The van der Waals surface area contributed by atoms with Crippen LogP contribution in [0.25, 0.3) is 11.4 Å². The number of benzene rings is 1. The van der Waals surface area contributed by atoms with E-state index >= 15 is 0 Å². The first kappa shape index (κ1) is 18.7. The lowest BCUT2D eigenvalue weighted by Gasteiger charge is -2.08. The molecule has 0 bridgehead atoms. The Hall–Kier alpha value is -1.60. The summed E-state index contributed by atoms with van der Waals surface area (Å²) >= 11 is 4.82. The molecule has 0 aliphatic heterocycles. The van der Waals surface area contributed by atoms with Gasteiger partial charge in [-0.15, -0.1) is 16.8 Å². The first-order valence-corrected chi connectivity index (χ1v) is 9.63. The van der Waals surface area contributed by atoms with E-state index < -0.39 is 0 Å². The minimum absolute atomic E-state index is 0.0202. The van der Waals surface area contributed by atoms with Crippen molar-refractivity contribution in [3.05, 3.63) is 41.4 Å². The Kier molecular flexibility index (Phi) is 7.52. The second-order valence-electron chi connectivity index (χ2n) is 5.20. The molecule has 2 aromatic rings. The highest BCUT2D eigenvalue weighted by Crippen LogP contribution is 2.25. The molecule has 0 spiro atoms. The first-order chi connectivity index (χ1) is 11.7. The van der Waals surface area contributed by atoms with E-state index in [1.54, 1.807) is 6.08 Å². The number of nitrogens with zero attached hydrogens (tertiary/aromatic N) is 3. The summed E-state index contributed by atoms with van der Waals surface area (Å²) in [5.74, 6) is 1.13. The second kappa shape index (κ2) is 9.64. The van der Waals surface area contributed by atoms with Crippen molar-refractivity contribution >= 4 is 33.6 Å². The molecule has 0 radical (unpaired) electrons. The molecule has 0 unspecified atom stereocenters. The molecule has 0 saturated carbocycles.